The Morgan fingerprint density at radius 1 is 1.09 bits per heavy atom. The standard InChI is InChI=1S/C19H29BrO3/c1-18-5-3-11(21)7-10(18)8-15(22)16-12(18)4-6-19(2)13(16)9-14(20)17(19)23/h8,11-17,21-23H,3-7,9H2,1-2H3/t11-,12-,13-,14+,15-,16+,17-,18-,19-/m0/s1. The highest BCUT2D eigenvalue weighted by Gasteiger charge is 2.62. The second-order valence-electron chi connectivity index (χ2n) is 9.03. The first kappa shape index (κ1) is 16.6. The van der Waals surface area contributed by atoms with Crippen LogP contribution in [0.2, 0.25) is 0 Å². The van der Waals surface area contributed by atoms with E-state index in [2.05, 4.69) is 35.9 Å². The zero-order chi connectivity index (χ0) is 16.6. The molecule has 0 amide bonds. The molecule has 4 rings (SSSR count). The molecule has 9 atom stereocenters. The molecule has 3 nitrogen and oxygen atoms in total. The molecule has 23 heavy (non-hydrogen) atoms. The summed E-state index contributed by atoms with van der Waals surface area (Å²) in [4.78, 5) is 0.148. The molecule has 4 heteroatoms. The number of alkyl halides is 1. The maximum atomic E-state index is 10.9. The van der Waals surface area contributed by atoms with Gasteiger partial charge in [0.05, 0.1) is 18.3 Å². The number of hydrogen-bond donors (Lipinski definition) is 3. The fraction of sp³-hybridized carbons (Fsp3) is 0.895. The van der Waals surface area contributed by atoms with Gasteiger partial charge in [-0.25, -0.2) is 0 Å². The third kappa shape index (κ3) is 2.17. The Balaban J connectivity index is 1.73. The van der Waals surface area contributed by atoms with Crippen LogP contribution in [0.4, 0.5) is 0 Å². The quantitative estimate of drug-likeness (QED) is 0.444. The molecule has 0 aromatic heterocycles. The lowest BCUT2D eigenvalue weighted by molar-refractivity contribution is -0.105. The van der Waals surface area contributed by atoms with Crippen molar-refractivity contribution in [2.24, 2.45) is 28.6 Å². The Hall–Kier alpha value is 0.1000. The second-order valence-corrected chi connectivity index (χ2v) is 10.2. The minimum Gasteiger partial charge on any atom is -0.393 e. The molecule has 3 fully saturated rings. The smallest absolute Gasteiger partial charge is 0.0757 e. The van der Waals surface area contributed by atoms with Gasteiger partial charge in [0.25, 0.3) is 0 Å². The Kier molecular flexibility index (Phi) is 3.81. The van der Waals surface area contributed by atoms with Gasteiger partial charge in [0.2, 0.25) is 0 Å². The van der Waals surface area contributed by atoms with Crippen molar-refractivity contribution in [2.75, 3.05) is 0 Å². The summed E-state index contributed by atoms with van der Waals surface area (Å²) in [5.74, 6) is 1.10. The summed E-state index contributed by atoms with van der Waals surface area (Å²) in [5.41, 5.74) is 1.33. The lowest BCUT2D eigenvalue weighted by Crippen LogP contribution is -2.55. The predicted octanol–water partition coefficient (Wildman–Crippen LogP) is 3.02. The molecule has 0 radical (unpaired) electrons. The number of halogens is 1. The topological polar surface area (TPSA) is 60.7 Å². The molecule has 0 aromatic carbocycles. The third-order valence-electron chi connectivity index (χ3n) is 8.04. The van der Waals surface area contributed by atoms with Gasteiger partial charge in [0, 0.05) is 4.83 Å². The number of rotatable bonds is 0. The molecule has 0 heterocycles. The van der Waals surface area contributed by atoms with Gasteiger partial charge in [-0.1, -0.05) is 41.4 Å². The van der Waals surface area contributed by atoms with Crippen molar-refractivity contribution in [3.05, 3.63) is 11.6 Å². The summed E-state index contributed by atoms with van der Waals surface area (Å²) in [6.45, 7) is 4.58. The van der Waals surface area contributed by atoms with Gasteiger partial charge in [-0.3, -0.25) is 0 Å². The molecule has 0 bridgehead atoms. The van der Waals surface area contributed by atoms with Gasteiger partial charge < -0.3 is 15.3 Å². The van der Waals surface area contributed by atoms with Crippen molar-refractivity contribution in [1.29, 1.82) is 0 Å². The lowest BCUT2D eigenvalue weighted by Gasteiger charge is -2.58. The van der Waals surface area contributed by atoms with Crippen LogP contribution in [-0.4, -0.2) is 38.5 Å². The van der Waals surface area contributed by atoms with Gasteiger partial charge >= 0.3 is 0 Å². The van der Waals surface area contributed by atoms with Crippen LogP contribution in [0.5, 0.6) is 0 Å². The van der Waals surface area contributed by atoms with Crippen molar-refractivity contribution in [1.82, 2.24) is 0 Å². The average Bonchev–Trinajstić information content (AvgIpc) is 2.73. The van der Waals surface area contributed by atoms with E-state index in [1.54, 1.807) is 0 Å². The van der Waals surface area contributed by atoms with Gasteiger partial charge in [-0.15, -0.1) is 0 Å². The van der Waals surface area contributed by atoms with Gasteiger partial charge in [-0.2, -0.15) is 0 Å². The Morgan fingerprint density at radius 3 is 2.57 bits per heavy atom. The summed E-state index contributed by atoms with van der Waals surface area (Å²) in [6.07, 6.45) is 6.78. The Labute approximate surface area is 147 Å². The van der Waals surface area contributed by atoms with E-state index in [1.807, 2.05) is 0 Å². The molecule has 130 valence electrons. The van der Waals surface area contributed by atoms with Crippen LogP contribution < -0.4 is 0 Å². The van der Waals surface area contributed by atoms with Gasteiger partial charge in [-0.05, 0) is 67.1 Å². The zero-order valence-electron chi connectivity index (χ0n) is 14.1. The van der Waals surface area contributed by atoms with Crippen molar-refractivity contribution >= 4 is 15.9 Å². The number of hydrogen-bond acceptors (Lipinski definition) is 3. The molecule has 0 aliphatic heterocycles. The van der Waals surface area contributed by atoms with E-state index in [0.717, 1.165) is 38.5 Å². The highest BCUT2D eigenvalue weighted by Crippen LogP contribution is 2.65. The van der Waals surface area contributed by atoms with Crippen molar-refractivity contribution in [2.45, 2.75) is 75.5 Å². The first-order valence-corrected chi connectivity index (χ1v) is 10.1. The number of aliphatic hydroxyl groups excluding tert-OH is 3. The summed E-state index contributed by atoms with van der Waals surface area (Å²) >= 11 is 3.68. The van der Waals surface area contributed by atoms with Gasteiger partial charge in [0.15, 0.2) is 0 Å². The highest BCUT2D eigenvalue weighted by atomic mass is 79.9. The zero-order valence-corrected chi connectivity index (χ0v) is 15.7. The van der Waals surface area contributed by atoms with E-state index >= 15 is 0 Å². The number of aliphatic hydroxyl groups is 3. The lowest BCUT2D eigenvalue weighted by atomic mass is 9.47. The van der Waals surface area contributed by atoms with E-state index in [1.165, 1.54) is 5.57 Å². The molecule has 0 aromatic rings. The highest BCUT2D eigenvalue weighted by molar-refractivity contribution is 9.09. The Morgan fingerprint density at radius 2 is 1.83 bits per heavy atom. The van der Waals surface area contributed by atoms with Crippen LogP contribution in [0.25, 0.3) is 0 Å². The van der Waals surface area contributed by atoms with Crippen molar-refractivity contribution in [3.8, 4) is 0 Å². The molecule has 0 spiro atoms. The molecule has 4 aliphatic rings. The minimum absolute atomic E-state index is 0.0772. The number of fused-ring (bicyclic) bond motifs is 5. The molecule has 0 saturated heterocycles. The molecule has 0 unspecified atom stereocenters. The van der Waals surface area contributed by atoms with Gasteiger partial charge in [0.1, 0.15) is 0 Å². The van der Waals surface area contributed by atoms with E-state index < -0.39 is 6.10 Å². The normalized spacial score (nSPS) is 58.9. The van der Waals surface area contributed by atoms with E-state index in [4.69, 9.17) is 0 Å². The SMILES string of the molecule is C[C@]12CC[C@H]3[C@@H]([C@@H](O)C=C4C[C@@H](O)CC[C@@]43C)[C@@H]1C[C@@H](Br)[C@@H]2O. The minimum atomic E-state index is -0.428. The summed E-state index contributed by atoms with van der Waals surface area (Å²) in [6, 6.07) is 0. The molecule has 3 N–H and O–H groups in total. The largest absolute Gasteiger partial charge is 0.393 e. The van der Waals surface area contributed by atoms with Crippen LogP contribution in [0.3, 0.4) is 0 Å². The summed E-state index contributed by atoms with van der Waals surface area (Å²) in [5, 5.41) is 31.6. The molecule has 3 saturated carbocycles. The summed E-state index contributed by atoms with van der Waals surface area (Å²) < 4.78 is 0. The summed E-state index contributed by atoms with van der Waals surface area (Å²) in [7, 11) is 0. The van der Waals surface area contributed by atoms with Crippen LogP contribution in [0, 0.1) is 28.6 Å². The average molecular weight is 385 g/mol. The van der Waals surface area contributed by atoms with E-state index in [9.17, 15) is 15.3 Å². The first-order chi connectivity index (χ1) is 10.8. The third-order valence-corrected chi connectivity index (χ3v) is 8.91. The predicted molar refractivity (Wildman–Crippen MR) is 93.2 cm³/mol. The van der Waals surface area contributed by atoms with Crippen LogP contribution in [0.15, 0.2) is 11.6 Å². The maximum absolute atomic E-state index is 10.9. The monoisotopic (exact) mass is 384 g/mol. The maximum Gasteiger partial charge on any atom is 0.0757 e. The van der Waals surface area contributed by atoms with Crippen LogP contribution in [-0.2, 0) is 0 Å². The van der Waals surface area contributed by atoms with Crippen LogP contribution >= 0.6 is 15.9 Å². The van der Waals surface area contributed by atoms with E-state index in [-0.39, 0.29) is 33.8 Å². The van der Waals surface area contributed by atoms with Crippen molar-refractivity contribution in [3.63, 3.8) is 0 Å². The fourth-order valence-corrected chi connectivity index (χ4v) is 7.58. The molecular weight excluding hydrogens is 356 g/mol. The fourth-order valence-electron chi connectivity index (χ4n) is 6.58. The molecular formula is C19H29BrO3. The van der Waals surface area contributed by atoms with E-state index in [0.29, 0.717) is 11.8 Å². The Bertz CT molecular complexity index is 535. The first-order valence-electron chi connectivity index (χ1n) is 9.17. The van der Waals surface area contributed by atoms with Crippen molar-refractivity contribution < 1.29 is 15.3 Å². The second kappa shape index (κ2) is 5.30. The van der Waals surface area contributed by atoms with Crippen LogP contribution in [0.1, 0.15) is 52.4 Å². The molecule has 4 aliphatic carbocycles.